The van der Waals surface area contributed by atoms with Crippen molar-refractivity contribution in [3.63, 3.8) is 0 Å². The second kappa shape index (κ2) is 7.44. The van der Waals surface area contributed by atoms with Crippen LogP contribution in [0, 0.1) is 0 Å². The van der Waals surface area contributed by atoms with E-state index in [-0.39, 0.29) is 69.2 Å². The SMILES string of the molecule is [Na+].[Na+].[O-][P+]([O-])([O-])c1ccc(Cl)cc1Cl. The molecule has 0 amide bonds. The van der Waals surface area contributed by atoms with Crippen LogP contribution in [-0.4, -0.2) is 0 Å². The van der Waals surface area contributed by atoms with E-state index >= 15 is 0 Å². The van der Waals surface area contributed by atoms with E-state index in [1.54, 1.807) is 0 Å². The normalized spacial score (nSPS) is 10.1. The van der Waals surface area contributed by atoms with Crippen molar-refractivity contribution in [1.82, 2.24) is 0 Å². The van der Waals surface area contributed by atoms with Crippen molar-refractivity contribution in [3.8, 4) is 0 Å². The third-order valence-electron chi connectivity index (χ3n) is 1.20. The number of hydrogen-bond donors (Lipinski definition) is 0. The molecule has 0 radical (unpaired) electrons. The van der Waals surface area contributed by atoms with Crippen molar-refractivity contribution < 1.29 is 73.8 Å². The molecule has 14 heavy (non-hydrogen) atoms. The standard InChI is InChI=1S/C6H5Cl2O3P.2Na/c7-4-1-2-6(5(8)3-4)12(9,10)11;;/h1-3H,(H2,9,10,11);;/q;2*+1/p-2. The van der Waals surface area contributed by atoms with Gasteiger partial charge in [0.15, 0.2) is 0 Å². The molecule has 0 heterocycles. The molecule has 0 fully saturated rings. The quantitative estimate of drug-likeness (QED) is 0.377. The molecule has 8 heteroatoms. The second-order valence-corrected chi connectivity index (χ2v) is 4.41. The van der Waals surface area contributed by atoms with E-state index in [0.29, 0.717) is 0 Å². The molecule has 0 aliphatic heterocycles. The van der Waals surface area contributed by atoms with Crippen LogP contribution in [-0.2, 0) is 0 Å². The van der Waals surface area contributed by atoms with Crippen molar-refractivity contribution in [2.24, 2.45) is 0 Å². The van der Waals surface area contributed by atoms with Gasteiger partial charge in [-0.3, -0.25) is 0 Å². The Morgan fingerprint density at radius 3 is 1.86 bits per heavy atom. The van der Waals surface area contributed by atoms with Gasteiger partial charge in [-0.15, -0.1) is 7.94 Å². The number of benzene rings is 1. The summed E-state index contributed by atoms with van der Waals surface area (Å²) >= 11 is 10.9. The van der Waals surface area contributed by atoms with Crippen LogP contribution in [0.4, 0.5) is 0 Å². The molecular formula is C6H3Cl2Na2O3P. The first-order chi connectivity index (χ1) is 5.41. The molecule has 1 rings (SSSR count). The first kappa shape index (κ1) is 18.5. The second-order valence-electron chi connectivity index (χ2n) is 2.09. The molecule has 1 aromatic rings. The summed E-state index contributed by atoms with van der Waals surface area (Å²) in [6.07, 6.45) is 0. The Hall–Kier alpha value is 2.11. The largest absolute Gasteiger partial charge is 1.00 e. The Morgan fingerprint density at radius 1 is 1.00 bits per heavy atom. The number of halogens is 2. The van der Waals surface area contributed by atoms with Gasteiger partial charge in [-0.1, -0.05) is 23.2 Å². The molecule has 0 aliphatic carbocycles. The van der Waals surface area contributed by atoms with E-state index in [1.807, 2.05) is 0 Å². The van der Waals surface area contributed by atoms with Gasteiger partial charge in [-0.2, -0.15) is 0 Å². The molecule has 0 saturated carbocycles. The van der Waals surface area contributed by atoms with Gasteiger partial charge in [0.2, 0.25) is 0 Å². The van der Waals surface area contributed by atoms with E-state index in [0.717, 1.165) is 6.07 Å². The van der Waals surface area contributed by atoms with E-state index in [4.69, 9.17) is 23.2 Å². The fraction of sp³-hybridized carbons (Fsp3) is 0. The minimum atomic E-state index is -4.77. The zero-order valence-corrected chi connectivity index (χ0v) is 14.1. The molecule has 0 aliphatic rings. The van der Waals surface area contributed by atoms with Crippen LogP contribution in [0.25, 0.3) is 0 Å². The zero-order chi connectivity index (χ0) is 9.35. The Morgan fingerprint density at radius 2 is 1.50 bits per heavy atom. The fourth-order valence-electron chi connectivity index (χ4n) is 0.703. The van der Waals surface area contributed by atoms with Crippen LogP contribution < -0.4 is 79.1 Å². The third kappa shape index (κ3) is 5.44. The van der Waals surface area contributed by atoms with Gasteiger partial charge in [0.25, 0.3) is 0 Å². The minimum Gasteiger partial charge on any atom is -0.683 e. The van der Waals surface area contributed by atoms with Gasteiger partial charge < -0.3 is 14.7 Å². The average molecular weight is 271 g/mol. The topological polar surface area (TPSA) is 69.2 Å². The van der Waals surface area contributed by atoms with Crippen LogP contribution in [0.1, 0.15) is 0 Å². The summed E-state index contributed by atoms with van der Waals surface area (Å²) in [5.41, 5.74) is 0. The minimum absolute atomic E-state index is 0. The summed E-state index contributed by atoms with van der Waals surface area (Å²) in [6, 6.07) is 3.59. The first-order valence-electron chi connectivity index (χ1n) is 2.89. The van der Waals surface area contributed by atoms with Gasteiger partial charge in [0.1, 0.15) is 0 Å². The zero-order valence-electron chi connectivity index (χ0n) is 7.66. The van der Waals surface area contributed by atoms with Crippen molar-refractivity contribution in [1.29, 1.82) is 0 Å². The summed E-state index contributed by atoms with van der Waals surface area (Å²) in [6.45, 7) is 0. The van der Waals surface area contributed by atoms with Crippen LogP contribution in [0.15, 0.2) is 18.2 Å². The van der Waals surface area contributed by atoms with Gasteiger partial charge in [0, 0.05) is 5.02 Å². The molecular weight excluding hydrogens is 268 g/mol. The Bertz CT molecular complexity index is 306. The Labute approximate surface area is 137 Å². The molecule has 0 unspecified atom stereocenters. The van der Waals surface area contributed by atoms with E-state index in [2.05, 4.69) is 0 Å². The summed E-state index contributed by atoms with van der Waals surface area (Å²) < 4.78 is 0. The molecule has 0 saturated heterocycles. The third-order valence-corrected chi connectivity index (χ3v) is 2.86. The fourth-order valence-corrected chi connectivity index (χ4v) is 2.01. The average Bonchev–Trinajstić information content (AvgIpc) is 1.83. The van der Waals surface area contributed by atoms with Crippen LogP contribution in [0.5, 0.6) is 0 Å². The summed E-state index contributed by atoms with van der Waals surface area (Å²) in [5.74, 6) is 0. The van der Waals surface area contributed by atoms with Crippen LogP contribution in [0.2, 0.25) is 10.0 Å². The van der Waals surface area contributed by atoms with Gasteiger partial charge in [0.05, 0.1) is 10.3 Å². The molecule has 0 atom stereocenters. The summed E-state index contributed by atoms with van der Waals surface area (Å²) in [4.78, 5) is 31.5. The monoisotopic (exact) mass is 270 g/mol. The Balaban J connectivity index is 0. The first-order valence-corrected chi connectivity index (χ1v) is 5.19. The molecule has 66 valence electrons. The predicted molar refractivity (Wildman–Crippen MR) is 43.0 cm³/mol. The van der Waals surface area contributed by atoms with Gasteiger partial charge >= 0.3 is 59.1 Å². The smallest absolute Gasteiger partial charge is 0.683 e. The summed E-state index contributed by atoms with van der Waals surface area (Å²) in [7, 11) is -4.77. The van der Waals surface area contributed by atoms with Crippen molar-refractivity contribution in [2.75, 3.05) is 0 Å². The molecule has 0 aromatic heterocycles. The maximum atomic E-state index is 10.5. The molecule has 0 bridgehead atoms. The van der Waals surface area contributed by atoms with E-state index in [9.17, 15) is 14.7 Å². The summed E-state index contributed by atoms with van der Waals surface area (Å²) in [5, 5.41) is -0.276. The van der Waals surface area contributed by atoms with Gasteiger partial charge in [-0.05, 0) is 18.2 Å². The Kier molecular flexibility index (Phi) is 9.82. The molecule has 3 nitrogen and oxygen atoms in total. The van der Waals surface area contributed by atoms with Gasteiger partial charge in [-0.25, -0.2) is 0 Å². The molecule has 0 spiro atoms. The molecule has 0 N–H and O–H groups in total. The maximum Gasteiger partial charge on any atom is 1.00 e. The number of rotatable bonds is 1. The number of hydrogen-bond acceptors (Lipinski definition) is 3. The molecule has 1 aromatic carbocycles. The van der Waals surface area contributed by atoms with E-state index < -0.39 is 13.2 Å². The predicted octanol–water partition coefficient (Wildman–Crippen LogP) is -6.53. The van der Waals surface area contributed by atoms with Crippen LogP contribution in [0.3, 0.4) is 0 Å². The van der Waals surface area contributed by atoms with E-state index in [1.165, 1.54) is 12.1 Å². The van der Waals surface area contributed by atoms with Crippen molar-refractivity contribution in [3.05, 3.63) is 28.2 Å². The van der Waals surface area contributed by atoms with Crippen LogP contribution >= 0.6 is 31.1 Å². The van der Waals surface area contributed by atoms with Crippen molar-refractivity contribution >= 4 is 36.4 Å². The maximum absolute atomic E-state index is 10.5. The van der Waals surface area contributed by atoms with Crippen molar-refractivity contribution in [2.45, 2.75) is 0 Å².